The number of aryl methyl sites for hydroxylation is 1. The molecule has 9 heavy (non-hydrogen) atoms. The fourth-order valence-electron chi connectivity index (χ4n) is 0.610. The molecule has 0 aliphatic rings. The van der Waals surface area contributed by atoms with Gasteiger partial charge in [0.15, 0.2) is 0 Å². The number of hydrogen-bond donors (Lipinski definition) is 2. The first-order valence-corrected chi connectivity index (χ1v) is 2.65. The Labute approximate surface area is 53.4 Å². The quantitative estimate of drug-likeness (QED) is 0.472. The van der Waals surface area contributed by atoms with Gasteiger partial charge in [0.1, 0.15) is 0 Å². The molecule has 3 N–H and O–H groups in total. The maximum Gasteiger partial charge on any atom is 0.314 e. The van der Waals surface area contributed by atoms with E-state index in [2.05, 4.69) is 0 Å². The molecule has 3 nitrogen and oxygen atoms in total. The lowest BCUT2D eigenvalue weighted by Crippen LogP contribution is -2.31. The molecule has 0 aliphatic heterocycles. The molecule has 1 heterocycles. The molecule has 0 spiro atoms. The molecule has 1 rings (SSSR count). The second kappa shape index (κ2) is 1.93. The van der Waals surface area contributed by atoms with Gasteiger partial charge in [0.2, 0.25) is 5.75 Å². The minimum absolute atomic E-state index is 0.125. The van der Waals surface area contributed by atoms with Gasteiger partial charge >= 0.3 is 5.82 Å². The average molecular weight is 125 g/mol. The van der Waals surface area contributed by atoms with Crippen molar-refractivity contribution < 1.29 is 9.67 Å². The van der Waals surface area contributed by atoms with Crippen molar-refractivity contribution in [1.82, 2.24) is 0 Å². The molecule has 0 saturated carbocycles. The van der Waals surface area contributed by atoms with Crippen LogP contribution in [0, 0.1) is 0 Å². The van der Waals surface area contributed by atoms with E-state index in [4.69, 9.17) is 10.8 Å². The van der Waals surface area contributed by atoms with Gasteiger partial charge in [0, 0.05) is 0 Å². The first-order valence-electron chi connectivity index (χ1n) is 2.65. The lowest BCUT2D eigenvalue weighted by Gasteiger charge is -1.94. The molecule has 0 unspecified atom stereocenters. The third-order valence-corrected chi connectivity index (χ3v) is 1.21. The zero-order chi connectivity index (χ0) is 6.85. The lowest BCUT2D eigenvalue weighted by atomic mass is 10.4. The van der Waals surface area contributed by atoms with Crippen LogP contribution in [0.15, 0.2) is 18.3 Å². The Morgan fingerprint density at radius 2 is 2.33 bits per heavy atom. The molecule has 0 bridgehead atoms. The highest BCUT2D eigenvalue weighted by Crippen LogP contribution is 2.10. The number of nitrogen functional groups attached to an aromatic ring is 1. The Bertz CT molecular complexity index is 202. The molecule has 48 valence electrons. The summed E-state index contributed by atoms with van der Waals surface area (Å²) in [5, 5.41) is 8.95. The van der Waals surface area contributed by atoms with Gasteiger partial charge in [0.05, 0.1) is 13.2 Å². The van der Waals surface area contributed by atoms with Gasteiger partial charge < -0.3 is 5.11 Å². The Morgan fingerprint density at radius 1 is 1.67 bits per heavy atom. The van der Waals surface area contributed by atoms with Crippen molar-refractivity contribution in [3.05, 3.63) is 18.3 Å². The van der Waals surface area contributed by atoms with Gasteiger partial charge in [-0.3, -0.25) is 5.73 Å². The maximum atomic E-state index is 8.95. The van der Waals surface area contributed by atoms with Gasteiger partial charge in [-0.05, 0) is 12.1 Å². The SMILES string of the molecule is C[n+]1cccc(O)c1N. The van der Waals surface area contributed by atoms with Crippen LogP contribution in [0.4, 0.5) is 5.82 Å². The zero-order valence-corrected chi connectivity index (χ0v) is 5.20. The molecule has 3 heteroatoms. The summed E-state index contributed by atoms with van der Waals surface area (Å²) >= 11 is 0. The highest BCUT2D eigenvalue weighted by molar-refractivity contribution is 5.38. The Hall–Kier alpha value is -1.25. The van der Waals surface area contributed by atoms with Crippen molar-refractivity contribution in [2.24, 2.45) is 7.05 Å². The van der Waals surface area contributed by atoms with E-state index in [1.54, 1.807) is 29.9 Å². The maximum absolute atomic E-state index is 8.95. The normalized spacial score (nSPS) is 9.44. The largest absolute Gasteiger partial charge is 0.501 e. The van der Waals surface area contributed by atoms with Crippen LogP contribution in [0.1, 0.15) is 0 Å². The molecule has 1 aromatic heterocycles. The molecule has 1 aromatic rings. The van der Waals surface area contributed by atoms with Crippen molar-refractivity contribution >= 4 is 5.82 Å². The topological polar surface area (TPSA) is 50.1 Å². The van der Waals surface area contributed by atoms with Crippen LogP contribution in [0.5, 0.6) is 5.75 Å². The molecule has 0 fully saturated rings. The van der Waals surface area contributed by atoms with Crippen molar-refractivity contribution in [2.75, 3.05) is 5.73 Å². The fourth-order valence-corrected chi connectivity index (χ4v) is 0.610. The fraction of sp³-hybridized carbons (Fsp3) is 0.167. The first-order chi connectivity index (χ1) is 4.22. The summed E-state index contributed by atoms with van der Waals surface area (Å²) in [7, 11) is 1.77. The van der Waals surface area contributed by atoms with Gasteiger partial charge in [-0.1, -0.05) is 0 Å². The van der Waals surface area contributed by atoms with Crippen molar-refractivity contribution in [3.8, 4) is 5.75 Å². The number of nitrogens with two attached hydrogens (primary N) is 1. The molecule has 0 aromatic carbocycles. The van der Waals surface area contributed by atoms with Gasteiger partial charge in [0.25, 0.3) is 0 Å². The second-order valence-electron chi connectivity index (χ2n) is 1.89. The lowest BCUT2D eigenvalue weighted by molar-refractivity contribution is -0.657. The van der Waals surface area contributed by atoms with Crippen LogP contribution in [-0.2, 0) is 7.05 Å². The average Bonchev–Trinajstić information content (AvgIpc) is 1.83. The number of nitrogens with zero attached hydrogens (tertiary/aromatic N) is 1. The van der Waals surface area contributed by atoms with E-state index in [1.807, 2.05) is 0 Å². The number of hydrogen-bond acceptors (Lipinski definition) is 2. The van der Waals surface area contributed by atoms with Gasteiger partial charge in [-0.25, -0.2) is 4.57 Å². The van der Waals surface area contributed by atoms with Crippen LogP contribution >= 0.6 is 0 Å². The summed E-state index contributed by atoms with van der Waals surface area (Å²) in [6.45, 7) is 0. The van der Waals surface area contributed by atoms with Crippen molar-refractivity contribution in [2.45, 2.75) is 0 Å². The van der Waals surface area contributed by atoms with E-state index < -0.39 is 0 Å². The number of anilines is 1. The standard InChI is InChI=1S/C6H8N2O/c1-8-4-2-3-5(9)6(8)7/h2-4,7,9H,1H3/p+1. The monoisotopic (exact) mass is 125 g/mol. The van der Waals surface area contributed by atoms with E-state index in [0.717, 1.165) is 0 Å². The molecular formula is C6H9N2O+. The number of rotatable bonds is 0. The minimum Gasteiger partial charge on any atom is -0.501 e. The number of aromatic nitrogens is 1. The van der Waals surface area contributed by atoms with Crippen LogP contribution in [0.2, 0.25) is 0 Å². The molecule has 0 aliphatic carbocycles. The Kier molecular flexibility index (Phi) is 1.26. The Morgan fingerprint density at radius 3 is 2.78 bits per heavy atom. The highest BCUT2D eigenvalue weighted by Gasteiger charge is 2.02. The predicted octanol–water partition coefficient (Wildman–Crippen LogP) is -0.201. The number of pyridine rings is 1. The third kappa shape index (κ3) is 0.937. The zero-order valence-electron chi connectivity index (χ0n) is 5.20. The van der Waals surface area contributed by atoms with Crippen LogP contribution in [0.3, 0.4) is 0 Å². The van der Waals surface area contributed by atoms with Crippen molar-refractivity contribution in [3.63, 3.8) is 0 Å². The minimum atomic E-state index is 0.125. The van der Waals surface area contributed by atoms with Crippen molar-refractivity contribution in [1.29, 1.82) is 0 Å². The Balaban J connectivity index is 3.25. The number of aromatic hydroxyl groups is 1. The third-order valence-electron chi connectivity index (χ3n) is 1.21. The van der Waals surface area contributed by atoms with Crippen LogP contribution < -0.4 is 10.3 Å². The van der Waals surface area contributed by atoms with E-state index in [0.29, 0.717) is 5.82 Å². The van der Waals surface area contributed by atoms with Gasteiger partial charge in [-0.2, -0.15) is 0 Å². The van der Waals surface area contributed by atoms with E-state index in [-0.39, 0.29) is 5.75 Å². The van der Waals surface area contributed by atoms with Crippen LogP contribution in [-0.4, -0.2) is 5.11 Å². The second-order valence-corrected chi connectivity index (χ2v) is 1.89. The summed E-state index contributed by atoms with van der Waals surface area (Å²) in [4.78, 5) is 0. The molecule has 0 amide bonds. The molecular weight excluding hydrogens is 116 g/mol. The predicted molar refractivity (Wildman–Crippen MR) is 33.7 cm³/mol. The van der Waals surface area contributed by atoms with Gasteiger partial charge in [-0.15, -0.1) is 0 Å². The van der Waals surface area contributed by atoms with Crippen LogP contribution in [0.25, 0.3) is 0 Å². The van der Waals surface area contributed by atoms with E-state index >= 15 is 0 Å². The summed E-state index contributed by atoms with van der Waals surface area (Å²) in [6.07, 6.45) is 1.77. The summed E-state index contributed by atoms with van der Waals surface area (Å²) in [6, 6.07) is 3.28. The van der Waals surface area contributed by atoms with E-state index in [9.17, 15) is 0 Å². The molecule has 0 saturated heterocycles. The first kappa shape index (κ1) is 5.88. The summed E-state index contributed by atoms with van der Waals surface area (Å²) in [5.41, 5.74) is 5.39. The highest BCUT2D eigenvalue weighted by atomic mass is 16.3. The molecule has 0 radical (unpaired) electrons. The van der Waals surface area contributed by atoms with E-state index in [1.165, 1.54) is 0 Å². The smallest absolute Gasteiger partial charge is 0.314 e. The summed E-state index contributed by atoms with van der Waals surface area (Å²) in [5.74, 6) is 0.512. The molecule has 0 atom stereocenters. The summed E-state index contributed by atoms with van der Waals surface area (Å²) < 4.78 is 1.65.